The molecule has 1 N–H and O–H groups in total. The van der Waals surface area contributed by atoms with Gasteiger partial charge >= 0.3 is 0 Å². The first kappa shape index (κ1) is 20.6. The lowest BCUT2D eigenvalue weighted by Gasteiger charge is -2.21. The molecule has 0 radical (unpaired) electrons. The van der Waals surface area contributed by atoms with Crippen LogP contribution >= 0.6 is 0 Å². The summed E-state index contributed by atoms with van der Waals surface area (Å²) in [4.78, 5) is 0. The smallest absolute Gasteiger partial charge is 0.214 e. The van der Waals surface area contributed by atoms with E-state index in [0.717, 1.165) is 16.9 Å². The van der Waals surface area contributed by atoms with Gasteiger partial charge in [-0.05, 0) is 44.5 Å². The summed E-state index contributed by atoms with van der Waals surface area (Å²) in [7, 11) is -3.38. The van der Waals surface area contributed by atoms with Crippen LogP contribution in [0.2, 0.25) is 0 Å². The summed E-state index contributed by atoms with van der Waals surface area (Å²) in [6.45, 7) is 6.51. The maximum atomic E-state index is 12.1. The molecule has 3 rings (SSSR count). The molecule has 6 nitrogen and oxygen atoms in total. The second-order valence-corrected chi connectivity index (χ2v) is 9.23. The van der Waals surface area contributed by atoms with Crippen molar-refractivity contribution in [1.82, 2.24) is 4.72 Å². The van der Waals surface area contributed by atoms with Crippen molar-refractivity contribution in [2.75, 3.05) is 19.8 Å². The molecule has 7 heteroatoms. The fourth-order valence-electron chi connectivity index (χ4n) is 2.98. The van der Waals surface area contributed by atoms with Gasteiger partial charge in [0.1, 0.15) is 17.6 Å². The summed E-state index contributed by atoms with van der Waals surface area (Å²) in [6.07, 6.45) is -0.366. The Labute approximate surface area is 166 Å². The molecule has 0 saturated carbocycles. The van der Waals surface area contributed by atoms with E-state index < -0.39 is 21.3 Å². The van der Waals surface area contributed by atoms with Gasteiger partial charge in [-0.25, -0.2) is 13.1 Å². The normalized spacial score (nSPS) is 19.7. The second kappa shape index (κ2) is 8.94. The molecule has 0 amide bonds. The van der Waals surface area contributed by atoms with Crippen LogP contribution in [-0.2, 0) is 14.8 Å². The fourth-order valence-corrected chi connectivity index (χ4v) is 3.90. The van der Waals surface area contributed by atoms with Crippen LogP contribution in [0.1, 0.15) is 20.8 Å². The Kier molecular flexibility index (Phi) is 6.59. The lowest BCUT2D eigenvalue weighted by molar-refractivity contribution is 0.140. The zero-order valence-electron chi connectivity index (χ0n) is 16.4. The van der Waals surface area contributed by atoms with E-state index in [0.29, 0.717) is 25.6 Å². The van der Waals surface area contributed by atoms with Crippen LogP contribution in [0, 0.1) is 0 Å². The average molecular weight is 406 g/mol. The molecule has 2 aromatic rings. The van der Waals surface area contributed by atoms with Crippen molar-refractivity contribution in [3.05, 3.63) is 48.5 Å². The molecule has 1 fully saturated rings. The van der Waals surface area contributed by atoms with E-state index in [1.165, 1.54) is 0 Å². The van der Waals surface area contributed by atoms with Gasteiger partial charge in [-0.1, -0.05) is 30.3 Å². The summed E-state index contributed by atoms with van der Waals surface area (Å²) in [5.41, 5.74) is 2.04. The number of para-hydroxylation sites is 1. The Morgan fingerprint density at radius 3 is 2.50 bits per heavy atom. The summed E-state index contributed by atoms with van der Waals surface area (Å²) in [5.74, 6) is 1.51. The number of rotatable bonds is 8. The van der Waals surface area contributed by atoms with Crippen molar-refractivity contribution in [2.45, 2.75) is 38.2 Å². The Balaban J connectivity index is 1.71. The van der Waals surface area contributed by atoms with Crippen LogP contribution in [0.5, 0.6) is 11.5 Å². The predicted octanol–water partition coefficient (Wildman–Crippen LogP) is 3.23. The minimum atomic E-state index is -3.38. The lowest BCUT2D eigenvalue weighted by atomic mass is 10.0. The summed E-state index contributed by atoms with van der Waals surface area (Å²) < 4.78 is 44.1. The van der Waals surface area contributed by atoms with Crippen LogP contribution in [0.4, 0.5) is 0 Å². The van der Waals surface area contributed by atoms with Crippen LogP contribution < -0.4 is 14.2 Å². The van der Waals surface area contributed by atoms with E-state index in [4.69, 9.17) is 14.2 Å². The summed E-state index contributed by atoms with van der Waals surface area (Å²) >= 11 is 0. The third-order valence-electron chi connectivity index (χ3n) is 4.60. The van der Waals surface area contributed by atoms with Gasteiger partial charge < -0.3 is 14.2 Å². The molecule has 0 aliphatic carbocycles. The van der Waals surface area contributed by atoms with Gasteiger partial charge in [-0.3, -0.25) is 0 Å². The highest BCUT2D eigenvalue weighted by Crippen LogP contribution is 2.31. The van der Waals surface area contributed by atoms with Crippen LogP contribution in [-0.4, -0.2) is 45.6 Å². The highest BCUT2D eigenvalue weighted by molar-refractivity contribution is 7.90. The molecule has 0 unspecified atom stereocenters. The SMILES string of the molecule is CCOc1ccccc1-c1ccc(O[C@@H]2COC[C@H]2NS(=O)(=O)C(C)C)cc1. The van der Waals surface area contributed by atoms with Crippen LogP contribution in [0.3, 0.4) is 0 Å². The average Bonchev–Trinajstić information content (AvgIpc) is 3.09. The van der Waals surface area contributed by atoms with E-state index in [-0.39, 0.29) is 6.10 Å². The highest BCUT2D eigenvalue weighted by Gasteiger charge is 2.34. The predicted molar refractivity (Wildman–Crippen MR) is 109 cm³/mol. The van der Waals surface area contributed by atoms with Gasteiger partial charge in [0.2, 0.25) is 10.0 Å². The molecule has 0 bridgehead atoms. The van der Waals surface area contributed by atoms with E-state index in [9.17, 15) is 8.42 Å². The molecule has 2 aromatic carbocycles. The molecule has 152 valence electrons. The number of ether oxygens (including phenoxy) is 3. The van der Waals surface area contributed by atoms with E-state index in [1.807, 2.05) is 55.5 Å². The van der Waals surface area contributed by atoms with Crippen molar-refractivity contribution in [3.8, 4) is 22.6 Å². The molecule has 1 aliphatic heterocycles. The van der Waals surface area contributed by atoms with Gasteiger partial charge in [0, 0.05) is 5.56 Å². The maximum Gasteiger partial charge on any atom is 0.214 e. The molecule has 0 spiro atoms. The largest absolute Gasteiger partial charge is 0.493 e. The zero-order valence-corrected chi connectivity index (χ0v) is 17.2. The maximum absolute atomic E-state index is 12.1. The number of hydrogen-bond acceptors (Lipinski definition) is 5. The summed E-state index contributed by atoms with van der Waals surface area (Å²) in [5, 5.41) is -0.501. The van der Waals surface area contributed by atoms with Gasteiger partial charge in [-0.2, -0.15) is 0 Å². The fraction of sp³-hybridized carbons (Fsp3) is 0.429. The van der Waals surface area contributed by atoms with Gasteiger partial charge in [0.25, 0.3) is 0 Å². The van der Waals surface area contributed by atoms with Crippen molar-refractivity contribution in [1.29, 1.82) is 0 Å². The highest BCUT2D eigenvalue weighted by atomic mass is 32.2. The van der Waals surface area contributed by atoms with E-state index >= 15 is 0 Å². The first-order valence-electron chi connectivity index (χ1n) is 9.48. The molecule has 0 aromatic heterocycles. The third kappa shape index (κ3) is 4.84. The van der Waals surface area contributed by atoms with Crippen LogP contribution in [0.15, 0.2) is 48.5 Å². The minimum Gasteiger partial charge on any atom is -0.493 e. The second-order valence-electron chi connectivity index (χ2n) is 6.97. The van der Waals surface area contributed by atoms with Crippen molar-refractivity contribution >= 4 is 10.0 Å². The number of nitrogens with one attached hydrogen (secondary N) is 1. The zero-order chi connectivity index (χ0) is 20.1. The van der Waals surface area contributed by atoms with E-state index in [1.54, 1.807) is 13.8 Å². The Hall–Kier alpha value is -2.09. The van der Waals surface area contributed by atoms with Gasteiger partial charge in [0.15, 0.2) is 0 Å². The Bertz CT molecular complexity index is 880. The van der Waals surface area contributed by atoms with Gasteiger partial charge in [-0.15, -0.1) is 0 Å². The monoisotopic (exact) mass is 405 g/mol. The standard InChI is InChI=1S/C21H27NO5S/c1-4-26-20-8-6-5-7-18(20)16-9-11-17(12-10-16)27-21-14-25-13-19(21)22-28(23,24)15(2)3/h5-12,15,19,21-22H,4,13-14H2,1-3H3/t19-,21-/m1/s1. The lowest BCUT2D eigenvalue weighted by Crippen LogP contribution is -2.47. The number of hydrogen-bond donors (Lipinski definition) is 1. The van der Waals surface area contributed by atoms with Crippen molar-refractivity contribution < 1.29 is 22.6 Å². The Morgan fingerprint density at radius 1 is 1.11 bits per heavy atom. The molecular weight excluding hydrogens is 378 g/mol. The molecule has 1 aliphatic rings. The molecular formula is C21H27NO5S. The van der Waals surface area contributed by atoms with Crippen LogP contribution in [0.25, 0.3) is 11.1 Å². The molecule has 2 atom stereocenters. The van der Waals surface area contributed by atoms with Crippen molar-refractivity contribution in [2.24, 2.45) is 0 Å². The number of sulfonamides is 1. The number of benzene rings is 2. The quantitative estimate of drug-likeness (QED) is 0.730. The molecule has 1 saturated heterocycles. The van der Waals surface area contributed by atoms with Gasteiger partial charge in [0.05, 0.1) is 31.1 Å². The molecule has 1 heterocycles. The third-order valence-corrected chi connectivity index (χ3v) is 6.48. The minimum absolute atomic E-state index is 0.302. The molecule has 28 heavy (non-hydrogen) atoms. The Morgan fingerprint density at radius 2 is 1.82 bits per heavy atom. The van der Waals surface area contributed by atoms with E-state index in [2.05, 4.69) is 4.72 Å². The summed E-state index contributed by atoms with van der Waals surface area (Å²) in [6, 6.07) is 15.2. The topological polar surface area (TPSA) is 73.9 Å². The first-order valence-corrected chi connectivity index (χ1v) is 11.0. The first-order chi connectivity index (χ1) is 13.4. The van der Waals surface area contributed by atoms with Crippen molar-refractivity contribution in [3.63, 3.8) is 0 Å².